The molecule has 0 atom stereocenters. The Balaban J connectivity index is 2.19. The molecule has 0 radical (unpaired) electrons. The van der Waals surface area contributed by atoms with Crippen molar-refractivity contribution in [3.63, 3.8) is 0 Å². The van der Waals surface area contributed by atoms with E-state index in [-0.39, 0.29) is 0 Å². The Kier molecular flexibility index (Phi) is 2.06. The van der Waals surface area contributed by atoms with E-state index in [1.165, 1.54) is 16.8 Å². The lowest BCUT2D eigenvalue weighted by molar-refractivity contribution is 0.626. The topological polar surface area (TPSA) is 30.7 Å². The van der Waals surface area contributed by atoms with Gasteiger partial charge in [0.05, 0.1) is 0 Å². The lowest BCUT2D eigenvalue weighted by atomic mass is 10.0. The van der Waals surface area contributed by atoms with Crippen molar-refractivity contribution in [3.8, 4) is 11.4 Å². The second kappa shape index (κ2) is 3.44. The first-order valence-corrected chi connectivity index (χ1v) is 5.76. The Morgan fingerprint density at radius 2 is 2.19 bits per heavy atom. The molecule has 2 aromatic heterocycles. The Bertz CT molecular complexity index is 526. The third-order valence-corrected chi connectivity index (χ3v) is 3.24. The van der Waals surface area contributed by atoms with Crippen LogP contribution >= 0.6 is 0 Å². The van der Waals surface area contributed by atoms with Crippen molar-refractivity contribution in [2.75, 3.05) is 0 Å². The summed E-state index contributed by atoms with van der Waals surface area (Å²) in [5.74, 6) is 1.61. The summed E-state index contributed by atoms with van der Waals surface area (Å²) >= 11 is 0. The van der Waals surface area contributed by atoms with Gasteiger partial charge in [0.1, 0.15) is 5.82 Å². The summed E-state index contributed by atoms with van der Waals surface area (Å²) in [5, 5.41) is 0. The van der Waals surface area contributed by atoms with Gasteiger partial charge < -0.3 is 4.57 Å². The summed E-state index contributed by atoms with van der Waals surface area (Å²) in [6.07, 6.45) is 6.88. The highest BCUT2D eigenvalue weighted by molar-refractivity contribution is 5.61. The molecule has 0 amide bonds. The number of pyridine rings is 1. The van der Waals surface area contributed by atoms with Crippen LogP contribution in [0.25, 0.3) is 11.4 Å². The van der Waals surface area contributed by atoms with Crippen LogP contribution < -0.4 is 0 Å². The predicted octanol–water partition coefficient (Wildman–Crippen LogP) is 2.62. The summed E-state index contributed by atoms with van der Waals surface area (Å²) in [4.78, 5) is 8.74. The molecule has 3 nitrogen and oxygen atoms in total. The number of aryl methyl sites for hydroxylation is 1. The number of rotatable bonds is 1. The van der Waals surface area contributed by atoms with E-state index in [0.717, 1.165) is 18.8 Å². The number of fused-ring (bicyclic) bond motifs is 3. The van der Waals surface area contributed by atoms with E-state index < -0.39 is 0 Å². The molecule has 3 rings (SSSR count). The molecule has 0 aliphatic carbocycles. The first kappa shape index (κ1) is 9.58. The molecule has 1 aliphatic rings. The van der Waals surface area contributed by atoms with Gasteiger partial charge in [-0.25, -0.2) is 4.98 Å². The molecule has 3 heteroatoms. The molecule has 0 saturated carbocycles. The van der Waals surface area contributed by atoms with Gasteiger partial charge >= 0.3 is 0 Å². The fourth-order valence-electron chi connectivity index (χ4n) is 2.37. The van der Waals surface area contributed by atoms with Crippen LogP contribution in [0, 0.1) is 0 Å². The van der Waals surface area contributed by atoms with Crippen molar-refractivity contribution in [1.82, 2.24) is 14.5 Å². The van der Waals surface area contributed by atoms with Gasteiger partial charge in [-0.2, -0.15) is 0 Å². The smallest absolute Gasteiger partial charge is 0.141 e. The highest BCUT2D eigenvalue weighted by atomic mass is 15.1. The molecule has 0 N–H and O–H groups in total. The van der Waals surface area contributed by atoms with Gasteiger partial charge in [-0.1, -0.05) is 13.8 Å². The third kappa shape index (κ3) is 1.28. The largest absolute Gasteiger partial charge is 0.327 e. The Labute approximate surface area is 95.2 Å². The van der Waals surface area contributed by atoms with E-state index in [0.29, 0.717) is 5.92 Å². The van der Waals surface area contributed by atoms with E-state index in [2.05, 4.69) is 34.4 Å². The maximum atomic E-state index is 4.54. The van der Waals surface area contributed by atoms with Crippen LogP contribution in [0.4, 0.5) is 0 Å². The molecular weight excluding hydrogens is 198 g/mol. The summed E-state index contributed by atoms with van der Waals surface area (Å²) in [5.41, 5.74) is 3.88. The fourth-order valence-corrected chi connectivity index (χ4v) is 2.37. The Morgan fingerprint density at radius 1 is 1.31 bits per heavy atom. The van der Waals surface area contributed by atoms with Crippen LogP contribution in [0.1, 0.15) is 31.0 Å². The second-order valence-corrected chi connectivity index (χ2v) is 4.60. The number of nitrogens with zero attached hydrogens (tertiary/aromatic N) is 3. The minimum Gasteiger partial charge on any atom is -0.327 e. The highest BCUT2D eigenvalue weighted by Gasteiger charge is 2.20. The van der Waals surface area contributed by atoms with Crippen molar-refractivity contribution in [2.24, 2.45) is 0 Å². The van der Waals surface area contributed by atoms with Crippen LogP contribution in [-0.4, -0.2) is 14.5 Å². The first-order chi connectivity index (χ1) is 7.77. The highest BCUT2D eigenvalue weighted by Crippen LogP contribution is 2.30. The zero-order valence-corrected chi connectivity index (χ0v) is 9.64. The lowest BCUT2D eigenvalue weighted by Crippen LogP contribution is -2.14. The van der Waals surface area contributed by atoms with Crippen molar-refractivity contribution >= 4 is 0 Å². The van der Waals surface area contributed by atoms with Gasteiger partial charge in [0.15, 0.2) is 0 Å². The van der Waals surface area contributed by atoms with Gasteiger partial charge in [-0.15, -0.1) is 0 Å². The maximum Gasteiger partial charge on any atom is 0.141 e. The zero-order valence-electron chi connectivity index (χ0n) is 9.64. The van der Waals surface area contributed by atoms with Crippen molar-refractivity contribution in [1.29, 1.82) is 0 Å². The summed E-state index contributed by atoms with van der Waals surface area (Å²) in [6.45, 7) is 5.46. The number of imidazole rings is 1. The molecule has 0 saturated heterocycles. The number of aromatic nitrogens is 3. The Morgan fingerprint density at radius 3 is 3.00 bits per heavy atom. The SMILES string of the molecule is CC(C)c1cnc2n1CCc1ccncc1-2. The summed E-state index contributed by atoms with van der Waals surface area (Å²) in [7, 11) is 0. The first-order valence-electron chi connectivity index (χ1n) is 5.76. The monoisotopic (exact) mass is 213 g/mol. The summed E-state index contributed by atoms with van der Waals surface area (Å²) in [6, 6.07) is 2.10. The average Bonchev–Trinajstić information content (AvgIpc) is 2.73. The van der Waals surface area contributed by atoms with Crippen molar-refractivity contribution < 1.29 is 0 Å². The molecular formula is C13H15N3. The number of hydrogen-bond donors (Lipinski definition) is 0. The second-order valence-electron chi connectivity index (χ2n) is 4.60. The molecule has 0 fully saturated rings. The quantitative estimate of drug-likeness (QED) is 0.729. The van der Waals surface area contributed by atoms with Crippen LogP contribution in [-0.2, 0) is 13.0 Å². The standard InChI is InChI=1S/C13H15N3/c1-9(2)12-8-15-13-11-7-14-5-3-10(11)4-6-16(12)13/h3,5,7-9H,4,6H2,1-2H3. The molecule has 3 heterocycles. The lowest BCUT2D eigenvalue weighted by Gasteiger charge is -2.20. The molecule has 0 unspecified atom stereocenters. The minimum absolute atomic E-state index is 0.527. The zero-order chi connectivity index (χ0) is 11.1. The van der Waals surface area contributed by atoms with Gasteiger partial charge in [0.25, 0.3) is 0 Å². The minimum atomic E-state index is 0.527. The van der Waals surface area contributed by atoms with E-state index in [4.69, 9.17) is 0 Å². The van der Waals surface area contributed by atoms with Gasteiger partial charge in [-0.3, -0.25) is 4.98 Å². The average molecular weight is 213 g/mol. The van der Waals surface area contributed by atoms with Crippen molar-refractivity contribution in [2.45, 2.75) is 32.7 Å². The molecule has 0 aromatic carbocycles. The normalized spacial score (nSPS) is 13.7. The Hall–Kier alpha value is -1.64. The van der Waals surface area contributed by atoms with Crippen LogP contribution in [0.15, 0.2) is 24.7 Å². The van der Waals surface area contributed by atoms with Gasteiger partial charge in [0, 0.05) is 36.4 Å². The van der Waals surface area contributed by atoms with E-state index in [1.54, 1.807) is 0 Å². The molecule has 0 bridgehead atoms. The predicted molar refractivity (Wildman–Crippen MR) is 63.3 cm³/mol. The van der Waals surface area contributed by atoms with Gasteiger partial charge in [0.2, 0.25) is 0 Å². The molecule has 1 aliphatic heterocycles. The maximum absolute atomic E-state index is 4.54. The van der Waals surface area contributed by atoms with Crippen LogP contribution in [0.3, 0.4) is 0 Å². The molecule has 82 valence electrons. The third-order valence-electron chi connectivity index (χ3n) is 3.24. The van der Waals surface area contributed by atoms with Crippen LogP contribution in [0.2, 0.25) is 0 Å². The number of hydrogen-bond acceptors (Lipinski definition) is 2. The van der Waals surface area contributed by atoms with Crippen molar-refractivity contribution in [3.05, 3.63) is 35.9 Å². The molecule has 16 heavy (non-hydrogen) atoms. The summed E-state index contributed by atoms with van der Waals surface area (Å²) < 4.78 is 2.33. The van der Waals surface area contributed by atoms with E-state index >= 15 is 0 Å². The fraction of sp³-hybridized carbons (Fsp3) is 0.385. The van der Waals surface area contributed by atoms with Crippen LogP contribution in [0.5, 0.6) is 0 Å². The van der Waals surface area contributed by atoms with Gasteiger partial charge in [-0.05, 0) is 24.0 Å². The van der Waals surface area contributed by atoms with E-state index in [9.17, 15) is 0 Å². The van der Waals surface area contributed by atoms with E-state index in [1.807, 2.05) is 18.6 Å². The molecule has 2 aromatic rings. The molecule has 0 spiro atoms.